The summed E-state index contributed by atoms with van der Waals surface area (Å²) in [5.41, 5.74) is 5.15. The molecule has 4 heteroatoms. The summed E-state index contributed by atoms with van der Waals surface area (Å²) in [5, 5.41) is 13.5. The van der Waals surface area contributed by atoms with Crippen LogP contribution in [0.1, 0.15) is 41.5 Å². The normalized spacial score (nSPS) is 18.4. The standard InChI is InChI=1S/C20H28N2O2/c1-15-10-11-17(22(15)2)12-21-13-18(23)14-24-20-9-5-7-16-6-3-4-8-19(16)20/h3-4,6,8,10-11,18,20-21,23H,5,7,9,12-14H2,1-2H3/t18-,20-/m1/s1. The molecule has 1 aliphatic rings. The zero-order valence-corrected chi connectivity index (χ0v) is 14.7. The molecular weight excluding hydrogens is 300 g/mol. The van der Waals surface area contributed by atoms with Crippen molar-refractivity contribution in [2.24, 2.45) is 7.05 Å². The van der Waals surface area contributed by atoms with Crippen molar-refractivity contribution in [1.82, 2.24) is 9.88 Å². The van der Waals surface area contributed by atoms with E-state index in [-0.39, 0.29) is 6.10 Å². The fourth-order valence-electron chi connectivity index (χ4n) is 3.38. The van der Waals surface area contributed by atoms with Gasteiger partial charge in [0.1, 0.15) is 0 Å². The molecule has 2 N–H and O–H groups in total. The highest BCUT2D eigenvalue weighted by atomic mass is 16.5. The fourth-order valence-corrected chi connectivity index (χ4v) is 3.38. The zero-order valence-electron chi connectivity index (χ0n) is 14.7. The Morgan fingerprint density at radius 3 is 2.92 bits per heavy atom. The van der Waals surface area contributed by atoms with Crippen molar-refractivity contribution in [3.8, 4) is 0 Å². The van der Waals surface area contributed by atoms with Gasteiger partial charge in [0.25, 0.3) is 0 Å². The number of nitrogens with one attached hydrogen (secondary N) is 1. The number of aryl methyl sites for hydroxylation is 2. The third-order valence-electron chi connectivity index (χ3n) is 4.97. The molecule has 0 amide bonds. The van der Waals surface area contributed by atoms with Gasteiger partial charge in [-0.05, 0) is 49.4 Å². The third-order valence-corrected chi connectivity index (χ3v) is 4.97. The van der Waals surface area contributed by atoms with Crippen LogP contribution in [0.5, 0.6) is 0 Å². The summed E-state index contributed by atoms with van der Waals surface area (Å²) in [7, 11) is 2.06. The molecule has 1 aromatic heterocycles. The molecule has 0 saturated heterocycles. The SMILES string of the molecule is Cc1ccc(CNC[C@@H](O)CO[C@@H]2CCCc3ccccc32)n1C. The van der Waals surface area contributed by atoms with Gasteiger partial charge in [-0.25, -0.2) is 0 Å². The molecule has 0 aliphatic heterocycles. The number of benzene rings is 1. The van der Waals surface area contributed by atoms with Crippen LogP contribution in [-0.4, -0.2) is 28.9 Å². The van der Waals surface area contributed by atoms with E-state index in [1.54, 1.807) is 0 Å². The smallest absolute Gasteiger partial charge is 0.0898 e. The first-order chi connectivity index (χ1) is 11.6. The lowest BCUT2D eigenvalue weighted by Crippen LogP contribution is -2.31. The van der Waals surface area contributed by atoms with Gasteiger partial charge in [0.2, 0.25) is 0 Å². The monoisotopic (exact) mass is 328 g/mol. The number of hydrogen-bond donors (Lipinski definition) is 2. The number of fused-ring (bicyclic) bond motifs is 1. The van der Waals surface area contributed by atoms with E-state index in [2.05, 4.69) is 60.3 Å². The van der Waals surface area contributed by atoms with Crippen molar-refractivity contribution >= 4 is 0 Å². The predicted octanol–water partition coefficient (Wildman–Crippen LogP) is 2.88. The van der Waals surface area contributed by atoms with Crippen LogP contribution in [0.2, 0.25) is 0 Å². The molecule has 3 rings (SSSR count). The maximum atomic E-state index is 10.2. The first kappa shape index (κ1) is 17.2. The van der Waals surface area contributed by atoms with Crippen LogP contribution in [0.3, 0.4) is 0 Å². The number of nitrogens with zero attached hydrogens (tertiary/aromatic N) is 1. The van der Waals surface area contributed by atoms with E-state index in [0.717, 1.165) is 25.8 Å². The molecule has 0 fully saturated rings. The Balaban J connectivity index is 1.43. The van der Waals surface area contributed by atoms with Gasteiger partial charge in [-0.3, -0.25) is 0 Å². The van der Waals surface area contributed by atoms with Crippen molar-refractivity contribution in [3.05, 3.63) is 58.9 Å². The summed E-state index contributed by atoms with van der Waals surface area (Å²) >= 11 is 0. The van der Waals surface area contributed by atoms with Crippen LogP contribution in [0.15, 0.2) is 36.4 Å². The number of hydrogen-bond acceptors (Lipinski definition) is 3. The molecule has 2 atom stereocenters. The summed E-state index contributed by atoms with van der Waals surface area (Å²) < 4.78 is 8.17. The summed E-state index contributed by atoms with van der Waals surface area (Å²) in [5.74, 6) is 0. The van der Waals surface area contributed by atoms with Crippen LogP contribution in [0.4, 0.5) is 0 Å². The van der Waals surface area contributed by atoms with Gasteiger partial charge in [-0.2, -0.15) is 0 Å². The highest BCUT2D eigenvalue weighted by Crippen LogP contribution is 2.32. The fraction of sp³-hybridized carbons (Fsp3) is 0.500. The second kappa shape index (κ2) is 7.97. The first-order valence-corrected chi connectivity index (χ1v) is 8.84. The van der Waals surface area contributed by atoms with Gasteiger partial charge in [0.15, 0.2) is 0 Å². The van der Waals surface area contributed by atoms with Gasteiger partial charge < -0.3 is 19.7 Å². The van der Waals surface area contributed by atoms with E-state index >= 15 is 0 Å². The molecule has 1 aliphatic carbocycles. The van der Waals surface area contributed by atoms with Gasteiger partial charge in [-0.1, -0.05) is 24.3 Å². The van der Waals surface area contributed by atoms with E-state index in [1.807, 2.05) is 0 Å². The predicted molar refractivity (Wildman–Crippen MR) is 95.9 cm³/mol. The molecule has 24 heavy (non-hydrogen) atoms. The molecule has 4 nitrogen and oxygen atoms in total. The molecular formula is C20H28N2O2. The number of aliphatic hydroxyl groups excluding tert-OH is 1. The molecule has 130 valence electrons. The number of ether oxygens (including phenoxy) is 1. The van der Waals surface area contributed by atoms with Crippen molar-refractivity contribution in [3.63, 3.8) is 0 Å². The maximum Gasteiger partial charge on any atom is 0.0898 e. The Labute approximate surface area is 144 Å². The number of aromatic nitrogens is 1. The van der Waals surface area contributed by atoms with Gasteiger partial charge in [-0.15, -0.1) is 0 Å². The number of aliphatic hydroxyl groups is 1. The van der Waals surface area contributed by atoms with E-state index in [0.29, 0.717) is 13.2 Å². The average molecular weight is 328 g/mol. The molecule has 0 bridgehead atoms. The Kier molecular flexibility index (Phi) is 5.72. The van der Waals surface area contributed by atoms with E-state index in [1.165, 1.54) is 22.5 Å². The van der Waals surface area contributed by atoms with Crippen LogP contribution in [0, 0.1) is 6.92 Å². The summed E-state index contributed by atoms with van der Waals surface area (Å²) in [6.07, 6.45) is 2.97. The van der Waals surface area contributed by atoms with E-state index < -0.39 is 6.10 Å². The summed E-state index contributed by atoms with van der Waals surface area (Å²) in [6.45, 7) is 3.76. The van der Waals surface area contributed by atoms with Crippen molar-refractivity contribution in [1.29, 1.82) is 0 Å². The topological polar surface area (TPSA) is 46.4 Å². The molecule has 1 aromatic carbocycles. The van der Waals surface area contributed by atoms with Crippen LogP contribution < -0.4 is 5.32 Å². The Bertz CT molecular complexity index is 665. The van der Waals surface area contributed by atoms with Crippen molar-refractivity contribution in [2.45, 2.75) is 44.9 Å². The molecule has 0 spiro atoms. The lowest BCUT2D eigenvalue weighted by molar-refractivity contribution is -0.0168. The second-order valence-electron chi connectivity index (χ2n) is 6.72. The Morgan fingerprint density at radius 1 is 1.29 bits per heavy atom. The largest absolute Gasteiger partial charge is 0.389 e. The Hall–Kier alpha value is -1.62. The third kappa shape index (κ3) is 4.07. The van der Waals surface area contributed by atoms with Crippen LogP contribution in [0.25, 0.3) is 0 Å². The number of rotatable bonds is 7. The minimum atomic E-state index is -0.486. The van der Waals surface area contributed by atoms with Crippen LogP contribution >= 0.6 is 0 Å². The van der Waals surface area contributed by atoms with Crippen molar-refractivity contribution < 1.29 is 9.84 Å². The molecule has 2 aromatic rings. The van der Waals surface area contributed by atoms with Gasteiger partial charge in [0.05, 0.1) is 18.8 Å². The summed E-state index contributed by atoms with van der Waals surface area (Å²) in [6, 6.07) is 12.7. The second-order valence-corrected chi connectivity index (χ2v) is 6.72. The highest BCUT2D eigenvalue weighted by molar-refractivity contribution is 5.31. The lowest BCUT2D eigenvalue weighted by atomic mass is 9.89. The maximum absolute atomic E-state index is 10.2. The minimum Gasteiger partial charge on any atom is -0.389 e. The molecule has 0 saturated carbocycles. The van der Waals surface area contributed by atoms with E-state index in [4.69, 9.17) is 4.74 Å². The van der Waals surface area contributed by atoms with Gasteiger partial charge in [0, 0.05) is 31.5 Å². The average Bonchev–Trinajstić information content (AvgIpc) is 2.92. The summed E-state index contributed by atoms with van der Waals surface area (Å²) in [4.78, 5) is 0. The van der Waals surface area contributed by atoms with Gasteiger partial charge >= 0.3 is 0 Å². The lowest BCUT2D eigenvalue weighted by Gasteiger charge is -2.26. The van der Waals surface area contributed by atoms with E-state index in [9.17, 15) is 5.11 Å². The Morgan fingerprint density at radius 2 is 2.12 bits per heavy atom. The zero-order chi connectivity index (χ0) is 16.9. The minimum absolute atomic E-state index is 0.125. The molecule has 1 heterocycles. The van der Waals surface area contributed by atoms with Crippen molar-refractivity contribution in [2.75, 3.05) is 13.2 Å². The highest BCUT2D eigenvalue weighted by Gasteiger charge is 2.21. The quantitative estimate of drug-likeness (QED) is 0.821. The van der Waals surface area contributed by atoms with Crippen LogP contribution in [-0.2, 0) is 24.8 Å². The first-order valence-electron chi connectivity index (χ1n) is 8.84. The molecule has 0 radical (unpaired) electrons. The molecule has 0 unspecified atom stereocenters.